The van der Waals surface area contributed by atoms with Crippen molar-refractivity contribution in [3.05, 3.63) is 29.8 Å². The molecule has 0 spiro atoms. The van der Waals surface area contributed by atoms with E-state index in [0.717, 1.165) is 0 Å². The summed E-state index contributed by atoms with van der Waals surface area (Å²) in [4.78, 5) is 23.4. The lowest BCUT2D eigenvalue weighted by atomic mass is 10.0. The molecule has 0 aromatic heterocycles. The number of benzene rings is 1. The number of ether oxygens (including phenoxy) is 1. The Morgan fingerprint density at radius 2 is 2.05 bits per heavy atom. The van der Waals surface area contributed by atoms with E-state index in [9.17, 15) is 14.7 Å². The van der Waals surface area contributed by atoms with Crippen molar-refractivity contribution in [3.8, 4) is 5.75 Å². The third-order valence-corrected chi connectivity index (χ3v) is 2.71. The third kappa shape index (κ3) is 4.62. The fourth-order valence-corrected chi connectivity index (χ4v) is 1.70. The number of nitrogens with one attached hydrogen (secondary N) is 1. The molecule has 0 saturated heterocycles. The van der Waals surface area contributed by atoms with Crippen molar-refractivity contribution in [2.45, 2.75) is 26.3 Å². The van der Waals surface area contributed by atoms with E-state index in [4.69, 9.17) is 0 Å². The summed E-state index contributed by atoms with van der Waals surface area (Å²) in [5, 5.41) is 12.0. The van der Waals surface area contributed by atoms with E-state index in [1.807, 2.05) is 13.8 Å². The highest BCUT2D eigenvalue weighted by Crippen LogP contribution is 2.11. The number of hydrogen-bond acceptors (Lipinski definition) is 4. The Kier molecular flexibility index (Phi) is 5.36. The lowest BCUT2D eigenvalue weighted by molar-refractivity contribution is -0.146. The first-order valence-electron chi connectivity index (χ1n) is 6.09. The van der Waals surface area contributed by atoms with Gasteiger partial charge in [-0.05, 0) is 23.6 Å². The molecule has 2 N–H and O–H groups in total. The molecule has 0 bridgehead atoms. The number of phenols is 1. The molecule has 0 heterocycles. The molecule has 1 rings (SSSR count). The molecule has 5 heteroatoms. The maximum atomic E-state index is 11.9. The summed E-state index contributed by atoms with van der Waals surface area (Å²) < 4.78 is 4.65. The molecule has 104 valence electrons. The molecule has 1 atom stereocenters. The van der Waals surface area contributed by atoms with Gasteiger partial charge in [0.25, 0.3) is 0 Å². The first kappa shape index (κ1) is 15.0. The quantitative estimate of drug-likeness (QED) is 0.786. The van der Waals surface area contributed by atoms with Crippen LogP contribution in [0.1, 0.15) is 19.4 Å². The van der Waals surface area contributed by atoms with Crippen molar-refractivity contribution in [1.82, 2.24) is 5.32 Å². The van der Waals surface area contributed by atoms with Crippen LogP contribution in [-0.2, 0) is 20.7 Å². The Labute approximate surface area is 112 Å². The van der Waals surface area contributed by atoms with E-state index < -0.39 is 12.0 Å². The number of phenolic OH excluding ortho intramolecular Hbond substituents is 1. The van der Waals surface area contributed by atoms with Crippen LogP contribution in [0.15, 0.2) is 24.3 Å². The normalized spacial score (nSPS) is 12.0. The summed E-state index contributed by atoms with van der Waals surface area (Å²) >= 11 is 0. The minimum absolute atomic E-state index is 0.0550. The van der Waals surface area contributed by atoms with Gasteiger partial charge in [-0.3, -0.25) is 4.79 Å². The van der Waals surface area contributed by atoms with Crippen LogP contribution in [0.25, 0.3) is 0 Å². The molecule has 1 aromatic carbocycles. The number of methoxy groups -OCH3 is 1. The minimum atomic E-state index is -0.658. The van der Waals surface area contributed by atoms with Crippen molar-refractivity contribution < 1.29 is 19.4 Å². The van der Waals surface area contributed by atoms with Crippen molar-refractivity contribution in [2.24, 2.45) is 5.92 Å². The molecule has 19 heavy (non-hydrogen) atoms. The van der Waals surface area contributed by atoms with Gasteiger partial charge in [-0.25, -0.2) is 4.79 Å². The van der Waals surface area contributed by atoms with Crippen LogP contribution in [0.4, 0.5) is 0 Å². The van der Waals surface area contributed by atoms with Gasteiger partial charge in [0.15, 0.2) is 0 Å². The number of amides is 1. The van der Waals surface area contributed by atoms with E-state index in [1.165, 1.54) is 19.2 Å². The number of hydrogen-bond donors (Lipinski definition) is 2. The number of rotatable bonds is 5. The summed E-state index contributed by atoms with van der Waals surface area (Å²) in [6.07, 6.45) is 0.106. The van der Waals surface area contributed by atoms with Crippen molar-refractivity contribution in [3.63, 3.8) is 0 Å². The summed E-state index contributed by atoms with van der Waals surface area (Å²) in [5.74, 6) is -0.687. The molecular formula is C14H19NO4. The monoisotopic (exact) mass is 265 g/mol. The molecule has 5 nitrogen and oxygen atoms in total. The molecule has 0 aliphatic heterocycles. The highest BCUT2D eigenvalue weighted by molar-refractivity contribution is 5.85. The zero-order valence-corrected chi connectivity index (χ0v) is 11.3. The van der Waals surface area contributed by atoms with Crippen LogP contribution in [0.5, 0.6) is 5.75 Å². The maximum absolute atomic E-state index is 11.9. The molecule has 0 saturated carbocycles. The van der Waals surface area contributed by atoms with Gasteiger partial charge in [-0.1, -0.05) is 26.0 Å². The van der Waals surface area contributed by atoms with Crippen molar-refractivity contribution in [2.75, 3.05) is 7.11 Å². The average molecular weight is 265 g/mol. The topological polar surface area (TPSA) is 75.6 Å². The number of esters is 1. The van der Waals surface area contributed by atoms with Gasteiger partial charge in [0.05, 0.1) is 13.5 Å². The van der Waals surface area contributed by atoms with E-state index in [2.05, 4.69) is 10.1 Å². The van der Waals surface area contributed by atoms with Gasteiger partial charge >= 0.3 is 5.97 Å². The van der Waals surface area contributed by atoms with Crippen LogP contribution >= 0.6 is 0 Å². The maximum Gasteiger partial charge on any atom is 0.328 e. The molecule has 0 aliphatic carbocycles. The zero-order chi connectivity index (χ0) is 14.4. The average Bonchev–Trinajstić information content (AvgIpc) is 2.34. The SMILES string of the molecule is COC(=O)C(NC(=O)Cc1cccc(O)c1)C(C)C. The predicted octanol–water partition coefficient (Wildman–Crippen LogP) is 1.25. The highest BCUT2D eigenvalue weighted by atomic mass is 16.5. The van der Waals surface area contributed by atoms with E-state index in [0.29, 0.717) is 5.56 Å². The van der Waals surface area contributed by atoms with Gasteiger partial charge in [-0.2, -0.15) is 0 Å². The third-order valence-electron chi connectivity index (χ3n) is 2.71. The lowest BCUT2D eigenvalue weighted by Gasteiger charge is -2.19. The summed E-state index contributed by atoms with van der Waals surface area (Å²) in [6.45, 7) is 3.66. The van der Waals surface area contributed by atoms with Gasteiger partial charge in [0.1, 0.15) is 11.8 Å². The Balaban J connectivity index is 2.65. The summed E-state index contributed by atoms with van der Waals surface area (Å²) in [5.41, 5.74) is 0.685. The standard InChI is InChI=1S/C14H19NO4/c1-9(2)13(14(18)19-3)15-12(17)8-10-5-4-6-11(16)7-10/h4-7,9,13,16H,8H2,1-3H3,(H,15,17). The van der Waals surface area contributed by atoms with E-state index in [-0.39, 0.29) is 24.0 Å². The van der Waals surface area contributed by atoms with Crippen LogP contribution in [0.3, 0.4) is 0 Å². The molecule has 1 amide bonds. The van der Waals surface area contributed by atoms with E-state index >= 15 is 0 Å². The number of aromatic hydroxyl groups is 1. The Bertz CT molecular complexity index is 457. The second-order valence-electron chi connectivity index (χ2n) is 4.66. The summed E-state index contributed by atoms with van der Waals surface area (Å²) in [7, 11) is 1.29. The highest BCUT2D eigenvalue weighted by Gasteiger charge is 2.24. The van der Waals surface area contributed by atoms with Gasteiger partial charge in [0, 0.05) is 0 Å². The first-order chi connectivity index (χ1) is 8.93. The Morgan fingerprint density at radius 3 is 2.58 bits per heavy atom. The Morgan fingerprint density at radius 1 is 1.37 bits per heavy atom. The minimum Gasteiger partial charge on any atom is -0.508 e. The zero-order valence-electron chi connectivity index (χ0n) is 11.3. The molecule has 1 unspecified atom stereocenters. The molecule has 0 radical (unpaired) electrons. The van der Waals surface area contributed by atoms with Crippen LogP contribution in [-0.4, -0.2) is 30.1 Å². The molecule has 0 aliphatic rings. The first-order valence-corrected chi connectivity index (χ1v) is 6.09. The van der Waals surface area contributed by atoms with Crippen LogP contribution in [0, 0.1) is 5.92 Å². The van der Waals surface area contributed by atoms with Crippen LogP contribution < -0.4 is 5.32 Å². The fourth-order valence-electron chi connectivity index (χ4n) is 1.70. The van der Waals surface area contributed by atoms with Gasteiger partial charge < -0.3 is 15.2 Å². The fraction of sp³-hybridized carbons (Fsp3) is 0.429. The smallest absolute Gasteiger partial charge is 0.328 e. The van der Waals surface area contributed by atoms with Crippen molar-refractivity contribution >= 4 is 11.9 Å². The van der Waals surface area contributed by atoms with E-state index in [1.54, 1.807) is 12.1 Å². The van der Waals surface area contributed by atoms with Crippen LogP contribution in [0.2, 0.25) is 0 Å². The predicted molar refractivity (Wildman–Crippen MR) is 70.6 cm³/mol. The second kappa shape index (κ2) is 6.78. The molecule has 0 fully saturated rings. The summed E-state index contributed by atoms with van der Waals surface area (Å²) in [6, 6.07) is 5.80. The van der Waals surface area contributed by atoms with Crippen molar-refractivity contribution in [1.29, 1.82) is 0 Å². The van der Waals surface area contributed by atoms with Gasteiger partial charge in [0.2, 0.25) is 5.91 Å². The second-order valence-corrected chi connectivity index (χ2v) is 4.66. The van der Waals surface area contributed by atoms with Gasteiger partial charge in [-0.15, -0.1) is 0 Å². The largest absolute Gasteiger partial charge is 0.508 e. The molecule has 1 aromatic rings. The molecular weight excluding hydrogens is 246 g/mol. The Hall–Kier alpha value is -2.04. The number of carbonyl (C=O) groups excluding carboxylic acids is 2. The lowest BCUT2D eigenvalue weighted by Crippen LogP contribution is -2.45. The number of carbonyl (C=O) groups is 2.